The minimum atomic E-state index is -0.842. The molecule has 27 heavy (non-hydrogen) atoms. The number of nitrogens with one attached hydrogen (secondary N) is 1. The molecule has 7 heteroatoms. The number of halogens is 3. The first kappa shape index (κ1) is 19.6. The van der Waals surface area contributed by atoms with E-state index < -0.39 is 17.5 Å². The van der Waals surface area contributed by atoms with Crippen molar-refractivity contribution in [3.63, 3.8) is 0 Å². The third-order valence-corrected chi connectivity index (χ3v) is 4.93. The number of benzene rings is 2. The summed E-state index contributed by atoms with van der Waals surface area (Å²) in [7, 11) is 0. The van der Waals surface area contributed by atoms with Crippen LogP contribution in [0.5, 0.6) is 0 Å². The average Bonchev–Trinajstić information content (AvgIpc) is 2.66. The van der Waals surface area contributed by atoms with E-state index in [0.717, 1.165) is 62.4 Å². The van der Waals surface area contributed by atoms with E-state index in [2.05, 4.69) is 15.1 Å². The highest BCUT2D eigenvalue weighted by Gasteiger charge is 2.17. The Balaban J connectivity index is 1.37. The average molecular weight is 394 g/mol. The molecule has 4 nitrogen and oxygen atoms in total. The molecule has 1 heterocycles. The molecule has 0 aromatic heterocycles. The minimum absolute atomic E-state index is 0.132. The maximum Gasteiger partial charge on any atom is 0.254 e. The standard InChI is InChI=1S/C20H22ClF2N3O/c21-15-2-5-17(6-3-15)26-12-10-25(11-13-26)9-1-8-24-20(27)18-7-4-16(22)14-19(18)23/h2-7,14H,1,8-13H2,(H,24,27). The van der Waals surface area contributed by atoms with Crippen LogP contribution in [0.4, 0.5) is 14.5 Å². The van der Waals surface area contributed by atoms with E-state index in [1.807, 2.05) is 24.3 Å². The number of hydrogen-bond donors (Lipinski definition) is 1. The maximum atomic E-state index is 13.6. The number of piperazine rings is 1. The van der Waals surface area contributed by atoms with Crippen molar-refractivity contribution in [1.29, 1.82) is 0 Å². The van der Waals surface area contributed by atoms with Crippen LogP contribution in [0.1, 0.15) is 16.8 Å². The number of carbonyl (C=O) groups is 1. The predicted molar refractivity (Wildman–Crippen MR) is 103 cm³/mol. The van der Waals surface area contributed by atoms with Crippen LogP contribution in [0.3, 0.4) is 0 Å². The van der Waals surface area contributed by atoms with Crippen molar-refractivity contribution < 1.29 is 13.6 Å². The van der Waals surface area contributed by atoms with E-state index in [9.17, 15) is 13.6 Å². The Morgan fingerprint density at radius 1 is 1.04 bits per heavy atom. The van der Waals surface area contributed by atoms with Crippen LogP contribution in [0, 0.1) is 11.6 Å². The van der Waals surface area contributed by atoms with Crippen molar-refractivity contribution in [2.45, 2.75) is 6.42 Å². The first-order valence-electron chi connectivity index (χ1n) is 8.99. The molecule has 1 saturated heterocycles. The van der Waals surface area contributed by atoms with Crippen LogP contribution >= 0.6 is 11.6 Å². The lowest BCUT2D eigenvalue weighted by Crippen LogP contribution is -2.47. The molecule has 1 aliphatic heterocycles. The number of amides is 1. The van der Waals surface area contributed by atoms with Gasteiger partial charge in [-0.15, -0.1) is 0 Å². The Morgan fingerprint density at radius 3 is 2.41 bits per heavy atom. The molecule has 0 unspecified atom stereocenters. The highest BCUT2D eigenvalue weighted by atomic mass is 35.5. The molecule has 0 atom stereocenters. The molecule has 1 amide bonds. The zero-order valence-corrected chi connectivity index (χ0v) is 15.7. The summed E-state index contributed by atoms with van der Waals surface area (Å²) in [6.07, 6.45) is 0.773. The molecule has 0 radical (unpaired) electrons. The lowest BCUT2D eigenvalue weighted by Gasteiger charge is -2.36. The summed E-state index contributed by atoms with van der Waals surface area (Å²) in [4.78, 5) is 16.6. The van der Waals surface area contributed by atoms with Gasteiger partial charge in [-0.3, -0.25) is 9.69 Å². The van der Waals surface area contributed by atoms with Gasteiger partial charge in [0.25, 0.3) is 5.91 Å². The summed E-state index contributed by atoms with van der Waals surface area (Å²) >= 11 is 5.93. The summed E-state index contributed by atoms with van der Waals surface area (Å²) in [5.41, 5.74) is 1.04. The van der Waals surface area contributed by atoms with Crippen molar-refractivity contribution in [3.05, 3.63) is 64.7 Å². The van der Waals surface area contributed by atoms with E-state index >= 15 is 0 Å². The zero-order chi connectivity index (χ0) is 19.2. The summed E-state index contributed by atoms with van der Waals surface area (Å²) in [6.45, 7) is 5.09. The van der Waals surface area contributed by atoms with Crippen molar-refractivity contribution >= 4 is 23.2 Å². The summed E-state index contributed by atoms with van der Waals surface area (Å²) in [6, 6.07) is 10.8. The van der Waals surface area contributed by atoms with Gasteiger partial charge in [0.05, 0.1) is 5.56 Å². The van der Waals surface area contributed by atoms with Gasteiger partial charge in [-0.1, -0.05) is 11.6 Å². The highest BCUT2D eigenvalue weighted by Crippen LogP contribution is 2.19. The first-order valence-corrected chi connectivity index (χ1v) is 9.37. The molecule has 144 valence electrons. The van der Waals surface area contributed by atoms with Crippen LogP contribution in [0.25, 0.3) is 0 Å². The van der Waals surface area contributed by atoms with E-state index in [-0.39, 0.29) is 5.56 Å². The number of nitrogens with zero attached hydrogens (tertiary/aromatic N) is 2. The molecule has 0 saturated carbocycles. The van der Waals surface area contributed by atoms with E-state index in [0.29, 0.717) is 6.54 Å². The monoisotopic (exact) mass is 393 g/mol. The quantitative estimate of drug-likeness (QED) is 0.762. The largest absolute Gasteiger partial charge is 0.369 e. The molecule has 1 N–H and O–H groups in total. The Bertz CT molecular complexity index is 777. The second-order valence-corrected chi connectivity index (χ2v) is 6.98. The van der Waals surface area contributed by atoms with Crippen LogP contribution in [-0.2, 0) is 0 Å². The fraction of sp³-hybridized carbons (Fsp3) is 0.350. The molecular formula is C20H22ClF2N3O. The third kappa shape index (κ3) is 5.40. The predicted octanol–water partition coefficient (Wildman–Crippen LogP) is 3.56. The second kappa shape index (κ2) is 9.15. The van der Waals surface area contributed by atoms with Gasteiger partial charge in [0.1, 0.15) is 11.6 Å². The van der Waals surface area contributed by atoms with Gasteiger partial charge in [-0.05, 0) is 49.4 Å². The van der Waals surface area contributed by atoms with Crippen molar-refractivity contribution in [2.24, 2.45) is 0 Å². The summed E-state index contributed by atoms with van der Waals surface area (Å²) in [5.74, 6) is -2.05. The maximum absolute atomic E-state index is 13.6. The van der Waals surface area contributed by atoms with Gasteiger partial charge in [0.15, 0.2) is 0 Å². The normalized spacial score (nSPS) is 15.0. The van der Waals surface area contributed by atoms with Gasteiger partial charge in [-0.2, -0.15) is 0 Å². The van der Waals surface area contributed by atoms with Gasteiger partial charge >= 0.3 is 0 Å². The van der Waals surface area contributed by atoms with Crippen molar-refractivity contribution in [1.82, 2.24) is 10.2 Å². The Labute approximate surface area is 162 Å². The van der Waals surface area contributed by atoms with Gasteiger partial charge < -0.3 is 10.2 Å². The number of anilines is 1. The van der Waals surface area contributed by atoms with E-state index in [1.165, 1.54) is 5.69 Å². The molecule has 2 aromatic rings. The number of rotatable bonds is 6. The third-order valence-electron chi connectivity index (χ3n) is 4.68. The lowest BCUT2D eigenvalue weighted by molar-refractivity contribution is 0.0947. The first-order chi connectivity index (χ1) is 13.0. The van der Waals surface area contributed by atoms with Crippen LogP contribution in [-0.4, -0.2) is 50.1 Å². The van der Waals surface area contributed by atoms with E-state index in [4.69, 9.17) is 11.6 Å². The molecule has 0 bridgehead atoms. The molecule has 0 spiro atoms. The van der Waals surface area contributed by atoms with Crippen LogP contribution in [0.2, 0.25) is 5.02 Å². The van der Waals surface area contributed by atoms with Crippen molar-refractivity contribution in [2.75, 3.05) is 44.2 Å². The minimum Gasteiger partial charge on any atom is -0.369 e. The van der Waals surface area contributed by atoms with Crippen LogP contribution < -0.4 is 10.2 Å². The Hall–Kier alpha value is -2.18. The number of carbonyl (C=O) groups excluding carboxylic acids is 1. The second-order valence-electron chi connectivity index (χ2n) is 6.54. The van der Waals surface area contributed by atoms with Gasteiger partial charge in [-0.25, -0.2) is 8.78 Å². The number of hydrogen-bond acceptors (Lipinski definition) is 3. The molecule has 1 fully saturated rings. The fourth-order valence-corrected chi connectivity index (χ4v) is 3.28. The summed E-state index contributed by atoms with van der Waals surface area (Å²) < 4.78 is 26.5. The van der Waals surface area contributed by atoms with Crippen LogP contribution in [0.15, 0.2) is 42.5 Å². The molecule has 3 rings (SSSR count). The van der Waals surface area contributed by atoms with Crippen molar-refractivity contribution in [3.8, 4) is 0 Å². The topological polar surface area (TPSA) is 35.6 Å². The highest BCUT2D eigenvalue weighted by molar-refractivity contribution is 6.30. The Morgan fingerprint density at radius 2 is 1.74 bits per heavy atom. The molecule has 0 aliphatic carbocycles. The molecular weight excluding hydrogens is 372 g/mol. The summed E-state index contributed by atoms with van der Waals surface area (Å²) in [5, 5.41) is 3.42. The zero-order valence-electron chi connectivity index (χ0n) is 14.9. The van der Waals surface area contributed by atoms with Gasteiger partial charge in [0, 0.05) is 49.5 Å². The van der Waals surface area contributed by atoms with E-state index in [1.54, 1.807) is 0 Å². The fourth-order valence-electron chi connectivity index (χ4n) is 3.16. The molecule has 2 aromatic carbocycles. The Kier molecular flexibility index (Phi) is 6.63. The SMILES string of the molecule is O=C(NCCCN1CCN(c2ccc(Cl)cc2)CC1)c1ccc(F)cc1F. The smallest absolute Gasteiger partial charge is 0.254 e. The molecule has 1 aliphatic rings. The lowest BCUT2D eigenvalue weighted by atomic mass is 10.2. The van der Waals surface area contributed by atoms with Gasteiger partial charge in [0.2, 0.25) is 0 Å².